The highest BCUT2D eigenvalue weighted by atomic mass is 79.9. The Morgan fingerprint density at radius 2 is 1.80 bits per heavy atom. The summed E-state index contributed by atoms with van der Waals surface area (Å²) < 4.78 is 16.6. The summed E-state index contributed by atoms with van der Waals surface area (Å²) in [6, 6.07) is 19.5. The molecule has 3 aromatic carbocycles. The van der Waals surface area contributed by atoms with Crippen molar-refractivity contribution in [3.63, 3.8) is 0 Å². The Labute approximate surface area is 211 Å². The van der Waals surface area contributed by atoms with Crippen LogP contribution < -0.4 is 15.0 Å². The van der Waals surface area contributed by atoms with Crippen molar-refractivity contribution in [3.05, 3.63) is 109 Å². The van der Waals surface area contributed by atoms with Gasteiger partial charge in [-0.1, -0.05) is 75.3 Å². The van der Waals surface area contributed by atoms with Crippen LogP contribution in [0.2, 0.25) is 0 Å². The zero-order valence-corrected chi connectivity index (χ0v) is 20.7. The van der Waals surface area contributed by atoms with Crippen LogP contribution in [0.25, 0.3) is 21.9 Å². The predicted octanol–water partition coefficient (Wildman–Crippen LogP) is 4.49. The zero-order chi connectivity index (χ0) is 24.3. The first-order valence-electron chi connectivity index (χ1n) is 10.8. The van der Waals surface area contributed by atoms with Gasteiger partial charge < -0.3 is 4.90 Å². The highest BCUT2D eigenvalue weighted by Gasteiger charge is 2.35. The number of thiazole rings is 1. The molecule has 0 atom stereocenters. The van der Waals surface area contributed by atoms with E-state index in [0.29, 0.717) is 27.6 Å². The maximum Gasteiger partial charge on any atom is 0.291 e. The lowest BCUT2D eigenvalue weighted by molar-refractivity contribution is -0.113. The van der Waals surface area contributed by atoms with E-state index in [1.807, 2.05) is 37.3 Å². The fraction of sp³-hybridized carbons (Fsp3) is 0.0769. The van der Waals surface area contributed by atoms with Crippen LogP contribution in [0, 0.1) is 12.7 Å². The number of aromatic nitrogens is 3. The molecule has 6 nitrogen and oxygen atoms in total. The molecule has 0 N–H and O–H groups in total. The molecule has 1 amide bonds. The van der Waals surface area contributed by atoms with Crippen molar-refractivity contribution in [2.75, 3.05) is 4.90 Å². The molecule has 0 bridgehead atoms. The summed E-state index contributed by atoms with van der Waals surface area (Å²) in [4.78, 5) is 33.5. The van der Waals surface area contributed by atoms with Gasteiger partial charge in [-0.05, 0) is 31.2 Å². The van der Waals surface area contributed by atoms with Gasteiger partial charge in [0.2, 0.25) is 4.96 Å². The molecule has 0 unspecified atom stereocenters. The summed E-state index contributed by atoms with van der Waals surface area (Å²) in [5.74, 6) is -0.298. The minimum absolute atomic E-state index is 0.0517. The molecule has 9 heteroatoms. The lowest BCUT2D eigenvalue weighted by atomic mass is 10.1. The van der Waals surface area contributed by atoms with Crippen molar-refractivity contribution >= 4 is 49.4 Å². The number of hydrogen-bond donors (Lipinski definition) is 0. The molecule has 6 rings (SSSR count). The Bertz CT molecular complexity index is 1760. The van der Waals surface area contributed by atoms with E-state index in [-0.39, 0.29) is 28.4 Å². The number of carbonyl (C=O) groups is 1. The van der Waals surface area contributed by atoms with Gasteiger partial charge in [0.1, 0.15) is 10.3 Å². The average Bonchev–Trinajstić information content (AvgIpc) is 3.47. The number of hydrogen-bond acceptors (Lipinski definition) is 5. The van der Waals surface area contributed by atoms with Crippen LogP contribution in [-0.4, -0.2) is 20.5 Å². The number of benzene rings is 3. The van der Waals surface area contributed by atoms with E-state index in [1.54, 1.807) is 30.3 Å². The molecular weight excluding hydrogens is 531 g/mol. The van der Waals surface area contributed by atoms with Gasteiger partial charge in [0.15, 0.2) is 5.82 Å². The second-order valence-electron chi connectivity index (χ2n) is 8.25. The van der Waals surface area contributed by atoms with E-state index in [9.17, 15) is 14.0 Å². The average molecular weight is 547 g/mol. The molecule has 0 aliphatic carbocycles. The number of nitrogens with zero attached hydrogens (tertiary/aromatic N) is 4. The fourth-order valence-electron chi connectivity index (χ4n) is 4.19. The highest BCUT2D eigenvalue weighted by Crippen LogP contribution is 2.38. The van der Waals surface area contributed by atoms with Crippen molar-refractivity contribution in [2.24, 2.45) is 0 Å². The quantitative estimate of drug-likeness (QED) is 0.334. The summed E-state index contributed by atoms with van der Waals surface area (Å²) in [6.07, 6.45) is 0. The van der Waals surface area contributed by atoms with Gasteiger partial charge in [-0.25, -0.2) is 4.39 Å². The molecule has 172 valence electrons. The number of carbonyl (C=O) groups excluding carboxylic acids is 1. The molecule has 0 saturated heterocycles. The van der Waals surface area contributed by atoms with Crippen LogP contribution in [0.1, 0.15) is 16.7 Å². The van der Waals surface area contributed by atoms with E-state index in [1.165, 1.54) is 15.5 Å². The minimum atomic E-state index is -0.405. The molecule has 0 spiro atoms. The SMILES string of the molecule is Cc1ccc(-c2nc3sc(=C4C(=O)N(Cc5ccccc5F)c5ccc(Br)cc54)c(=O)n3n2)cc1. The molecule has 5 aromatic rings. The van der Waals surface area contributed by atoms with E-state index in [4.69, 9.17) is 0 Å². The van der Waals surface area contributed by atoms with Crippen LogP contribution in [0.3, 0.4) is 0 Å². The van der Waals surface area contributed by atoms with Crippen LogP contribution in [0.5, 0.6) is 0 Å². The van der Waals surface area contributed by atoms with Crippen molar-refractivity contribution < 1.29 is 9.18 Å². The number of fused-ring (bicyclic) bond motifs is 2. The Morgan fingerprint density at radius 1 is 1.03 bits per heavy atom. The monoisotopic (exact) mass is 546 g/mol. The van der Waals surface area contributed by atoms with E-state index >= 15 is 0 Å². The lowest BCUT2D eigenvalue weighted by Crippen LogP contribution is -2.32. The number of rotatable bonds is 3. The first kappa shape index (κ1) is 21.8. The van der Waals surface area contributed by atoms with Crippen molar-refractivity contribution in [1.82, 2.24) is 14.6 Å². The fourth-order valence-corrected chi connectivity index (χ4v) is 5.55. The third-order valence-corrected chi connectivity index (χ3v) is 7.48. The smallest absolute Gasteiger partial charge is 0.291 e. The summed E-state index contributed by atoms with van der Waals surface area (Å²) >= 11 is 4.59. The molecule has 0 saturated carbocycles. The summed E-state index contributed by atoms with van der Waals surface area (Å²) in [5.41, 5.74) is 3.42. The molecule has 0 fully saturated rings. The maximum atomic E-state index is 14.4. The molecule has 2 aromatic heterocycles. The van der Waals surface area contributed by atoms with Gasteiger partial charge in [-0.2, -0.15) is 9.50 Å². The first-order valence-corrected chi connectivity index (χ1v) is 12.4. The number of aryl methyl sites for hydroxylation is 1. The van der Waals surface area contributed by atoms with Crippen molar-refractivity contribution in [3.8, 4) is 11.4 Å². The van der Waals surface area contributed by atoms with Gasteiger partial charge in [-0.15, -0.1) is 5.10 Å². The summed E-state index contributed by atoms with van der Waals surface area (Å²) in [7, 11) is 0. The van der Waals surface area contributed by atoms with Crippen LogP contribution >= 0.6 is 27.3 Å². The molecule has 3 heterocycles. The molecule has 1 aliphatic heterocycles. The Morgan fingerprint density at radius 3 is 2.54 bits per heavy atom. The molecule has 1 aliphatic rings. The van der Waals surface area contributed by atoms with E-state index < -0.39 is 5.56 Å². The van der Waals surface area contributed by atoms with E-state index in [0.717, 1.165) is 26.9 Å². The predicted molar refractivity (Wildman–Crippen MR) is 137 cm³/mol. The van der Waals surface area contributed by atoms with Gasteiger partial charge >= 0.3 is 0 Å². The van der Waals surface area contributed by atoms with Gasteiger partial charge in [0.05, 0.1) is 17.8 Å². The highest BCUT2D eigenvalue weighted by molar-refractivity contribution is 9.10. The van der Waals surface area contributed by atoms with Crippen molar-refractivity contribution in [2.45, 2.75) is 13.5 Å². The Hall–Kier alpha value is -3.69. The summed E-state index contributed by atoms with van der Waals surface area (Å²) in [6.45, 7) is 2.04. The topological polar surface area (TPSA) is 67.6 Å². The normalized spacial score (nSPS) is 14.7. The zero-order valence-electron chi connectivity index (χ0n) is 18.3. The van der Waals surface area contributed by atoms with Crippen LogP contribution in [-0.2, 0) is 11.3 Å². The summed E-state index contributed by atoms with van der Waals surface area (Å²) in [5, 5.41) is 4.41. The Kier molecular flexibility index (Phi) is 5.12. The van der Waals surface area contributed by atoms with Crippen LogP contribution in [0.15, 0.2) is 76.0 Å². The number of halogens is 2. The largest absolute Gasteiger partial charge is 0.303 e. The Balaban J connectivity index is 1.52. The molecule has 35 heavy (non-hydrogen) atoms. The van der Waals surface area contributed by atoms with Crippen molar-refractivity contribution in [1.29, 1.82) is 0 Å². The lowest BCUT2D eigenvalue weighted by Gasteiger charge is -2.17. The third-order valence-electron chi connectivity index (χ3n) is 5.96. The molecule has 0 radical (unpaired) electrons. The van der Waals surface area contributed by atoms with Crippen LogP contribution in [0.4, 0.5) is 10.1 Å². The standard InChI is InChI=1S/C26H16BrFN4O2S/c1-14-6-8-15(9-7-14)23-29-26-32(30-23)25(34)22(35-26)21-18-12-17(27)10-11-20(18)31(24(21)33)13-16-4-2-3-5-19(16)28/h2-12H,13H2,1H3. The van der Waals surface area contributed by atoms with Gasteiger partial charge in [0, 0.05) is 21.2 Å². The first-order chi connectivity index (χ1) is 16.9. The second kappa shape index (κ2) is 8.21. The minimum Gasteiger partial charge on any atom is -0.303 e. The molecular formula is C26H16BrFN4O2S. The van der Waals surface area contributed by atoms with Gasteiger partial charge in [-0.3, -0.25) is 9.59 Å². The maximum absolute atomic E-state index is 14.4. The number of amides is 1. The van der Waals surface area contributed by atoms with E-state index in [2.05, 4.69) is 26.0 Å². The third kappa shape index (κ3) is 3.59. The van der Waals surface area contributed by atoms with Gasteiger partial charge in [0.25, 0.3) is 11.5 Å². The second-order valence-corrected chi connectivity index (χ2v) is 10.1. The number of anilines is 1.